The Bertz CT molecular complexity index is 1670. The van der Waals surface area contributed by atoms with Gasteiger partial charge in [0.25, 0.3) is 0 Å². The molecule has 3 aliphatic carbocycles. The normalized spacial score (nSPS) is 31.9. The summed E-state index contributed by atoms with van der Waals surface area (Å²) in [5.41, 5.74) is -1.57. The maximum Gasteiger partial charge on any atom is 0.342 e. The van der Waals surface area contributed by atoms with Crippen LogP contribution in [0, 0.1) is 29.1 Å². The number of hydrogen-bond donors (Lipinski definition) is 1. The topological polar surface area (TPSA) is 143 Å². The van der Waals surface area contributed by atoms with Gasteiger partial charge in [0.15, 0.2) is 5.60 Å². The molecule has 10 heteroatoms. The number of carbonyl (C=O) groups excluding carboxylic acids is 5. The number of ketones is 1. The van der Waals surface area contributed by atoms with E-state index in [1.165, 1.54) is 26.0 Å². The highest BCUT2D eigenvalue weighted by Crippen LogP contribution is 2.63. The van der Waals surface area contributed by atoms with E-state index in [1.807, 2.05) is 19.9 Å². The molecule has 8 atom stereocenters. The maximum atomic E-state index is 14.7. The number of esters is 4. The van der Waals surface area contributed by atoms with Crippen LogP contribution in [0.4, 0.5) is 0 Å². The molecule has 2 aromatic carbocycles. The van der Waals surface area contributed by atoms with E-state index in [9.17, 15) is 29.1 Å². The minimum absolute atomic E-state index is 0.0428. The molecule has 2 fully saturated rings. The van der Waals surface area contributed by atoms with Crippen molar-refractivity contribution in [2.45, 2.75) is 78.3 Å². The van der Waals surface area contributed by atoms with Crippen LogP contribution in [0.3, 0.4) is 0 Å². The van der Waals surface area contributed by atoms with E-state index < -0.39 is 65.4 Å². The molecule has 1 N–H and O–H groups in total. The first-order valence-electron chi connectivity index (χ1n) is 16.1. The van der Waals surface area contributed by atoms with Crippen molar-refractivity contribution in [1.29, 1.82) is 0 Å². The number of allylic oxidation sites excluding steroid dienone is 1. The molecular formula is C38H42O10. The van der Waals surface area contributed by atoms with Crippen molar-refractivity contribution in [1.82, 2.24) is 0 Å². The Hall–Kier alpha value is -4.73. The predicted molar refractivity (Wildman–Crippen MR) is 174 cm³/mol. The van der Waals surface area contributed by atoms with Crippen molar-refractivity contribution in [3.8, 4) is 5.75 Å². The Labute approximate surface area is 280 Å². The zero-order valence-corrected chi connectivity index (χ0v) is 28.1. The molecule has 254 valence electrons. The van der Waals surface area contributed by atoms with Crippen molar-refractivity contribution in [2.75, 3.05) is 0 Å². The molecule has 48 heavy (non-hydrogen) atoms. The number of fused-ring (bicyclic) bond motifs is 2. The average molecular weight is 659 g/mol. The first kappa shape index (κ1) is 34.6. The summed E-state index contributed by atoms with van der Waals surface area (Å²) in [5.74, 6) is -5.78. The molecule has 2 saturated carbocycles. The number of phenolic OH excluding ortho intramolecular Hbond substituents is 1. The second-order valence-electron chi connectivity index (χ2n) is 13.8. The lowest BCUT2D eigenvalue weighted by Gasteiger charge is -2.40. The molecular weight excluding hydrogens is 616 g/mol. The summed E-state index contributed by atoms with van der Waals surface area (Å²) in [4.78, 5) is 67.4. The lowest BCUT2D eigenvalue weighted by atomic mass is 9.76. The predicted octanol–water partition coefficient (Wildman–Crippen LogP) is 5.78. The molecule has 4 unspecified atom stereocenters. The van der Waals surface area contributed by atoms with Gasteiger partial charge in [0, 0.05) is 25.8 Å². The Morgan fingerprint density at radius 2 is 1.54 bits per heavy atom. The fourth-order valence-electron chi connectivity index (χ4n) is 7.71. The van der Waals surface area contributed by atoms with Crippen molar-refractivity contribution in [3.63, 3.8) is 0 Å². The molecule has 0 aromatic heterocycles. The molecule has 0 saturated heterocycles. The number of para-hydroxylation sites is 1. The molecule has 0 aliphatic heterocycles. The molecule has 5 rings (SSSR count). The summed E-state index contributed by atoms with van der Waals surface area (Å²) >= 11 is 0. The summed E-state index contributed by atoms with van der Waals surface area (Å²) in [6.45, 7) is 14.2. The van der Waals surface area contributed by atoms with Gasteiger partial charge in [-0.3, -0.25) is 14.4 Å². The molecule has 10 nitrogen and oxygen atoms in total. The summed E-state index contributed by atoms with van der Waals surface area (Å²) in [6, 6.07) is 14.2. The van der Waals surface area contributed by atoms with Crippen molar-refractivity contribution < 1.29 is 48.0 Å². The Morgan fingerprint density at radius 3 is 2.17 bits per heavy atom. The van der Waals surface area contributed by atoms with Crippen LogP contribution in [0.25, 0.3) is 0 Å². The number of carbonyl (C=O) groups is 5. The summed E-state index contributed by atoms with van der Waals surface area (Å²) in [6.07, 6.45) is -1.51. The quantitative estimate of drug-likeness (QED) is 0.231. The van der Waals surface area contributed by atoms with Crippen LogP contribution < -0.4 is 0 Å². The first-order valence-corrected chi connectivity index (χ1v) is 16.1. The van der Waals surface area contributed by atoms with Gasteiger partial charge in [-0.15, -0.1) is 0 Å². The van der Waals surface area contributed by atoms with Crippen LogP contribution in [0.2, 0.25) is 0 Å². The first-order chi connectivity index (χ1) is 22.6. The highest BCUT2D eigenvalue weighted by molar-refractivity contribution is 6.03. The van der Waals surface area contributed by atoms with Crippen LogP contribution in [0.1, 0.15) is 75.1 Å². The van der Waals surface area contributed by atoms with Crippen molar-refractivity contribution in [3.05, 3.63) is 89.5 Å². The minimum Gasteiger partial charge on any atom is -0.507 e. The third kappa shape index (κ3) is 6.40. The highest BCUT2D eigenvalue weighted by Gasteiger charge is 2.66. The number of hydrogen-bond acceptors (Lipinski definition) is 10. The van der Waals surface area contributed by atoms with Crippen LogP contribution in [-0.2, 0) is 33.3 Å². The van der Waals surface area contributed by atoms with Gasteiger partial charge in [-0.25, -0.2) is 9.59 Å². The zero-order valence-electron chi connectivity index (χ0n) is 28.1. The van der Waals surface area contributed by atoms with Crippen LogP contribution >= 0.6 is 0 Å². The van der Waals surface area contributed by atoms with Gasteiger partial charge in [0.2, 0.25) is 5.78 Å². The van der Waals surface area contributed by atoms with E-state index in [2.05, 4.69) is 6.58 Å². The van der Waals surface area contributed by atoms with E-state index in [4.69, 9.17) is 18.9 Å². The summed E-state index contributed by atoms with van der Waals surface area (Å²) < 4.78 is 24.2. The second-order valence-corrected chi connectivity index (χ2v) is 13.8. The van der Waals surface area contributed by atoms with E-state index in [1.54, 1.807) is 56.3 Å². The third-order valence-electron chi connectivity index (χ3n) is 10.2. The Balaban J connectivity index is 1.69. The molecule has 0 bridgehead atoms. The molecule has 0 amide bonds. The number of ether oxygens (including phenoxy) is 4. The monoisotopic (exact) mass is 658 g/mol. The standard InChI is InChI=1S/C38H42O10/c1-20-17-27-28(37(27,6)7)18-30(46-36(44)26-15-11-12-16-29(26)41)22(3)33(45-23(4)39)31-32(47-35(43)25-13-9-8-10-14-25)21(2)19-38(31,34(20)42)48-24(5)40/h8-17,21,27-28,30-33,41H,3,18-19H2,1-2,4-7H3/b20-17+/t21-,27?,28?,30?,31+,32-,33-,38?/m0/s1. The van der Waals surface area contributed by atoms with Gasteiger partial charge in [0.1, 0.15) is 29.6 Å². The van der Waals surface area contributed by atoms with Crippen LogP contribution in [0.15, 0.2) is 78.4 Å². The minimum atomic E-state index is -1.93. The van der Waals surface area contributed by atoms with Crippen LogP contribution in [-0.4, -0.2) is 58.7 Å². The summed E-state index contributed by atoms with van der Waals surface area (Å²) in [5, 5.41) is 10.4. The van der Waals surface area contributed by atoms with E-state index >= 15 is 0 Å². The van der Waals surface area contributed by atoms with Gasteiger partial charge in [-0.05, 0) is 66.4 Å². The smallest absolute Gasteiger partial charge is 0.342 e. The van der Waals surface area contributed by atoms with E-state index in [-0.39, 0.29) is 52.5 Å². The number of aromatic hydroxyl groups is 1. The van der Waals surface area contributed by atoms with Gasteiger partial charge < -0.3 is 24.1 Å². The van der Waals surface area contributed by atoms with E-state index in [0.29, 0.717) is 5.57 Å². The Kier molecular flexibility index (Phi) is 9.41. The van der Waals surface area contributed by atoms with Gasteiger partial charge in [-0.1, -0.05) is 63.8 Å². The van der Waals surface area contributed by atoms with E-state index in [0.717, 1.165) is 0 Å². The maximum absolute atomic E-state index is 14.7. The lowest BCUT2D eigenvalue weighted by Crippen LogP contribution is -2.55. The fourth-order valence-corrected chi connectivity index (χ4v) is 7.71. The Morgan fingerprint density at radius 1 is 0.896 bits per heavy atom. The van der Waals surface area contributed by atoms with Crippen LogP contribution in [0.5, 0.6) is 5.75 Å². The zero-order chi connectivity index (χ0) is 35.1. The molecule has 0 spiro atoms. The number of Topliss-reactive ketones (excluding diaryl/α,β-unsaturated/α-hetero) is 1. The van der Waals surface area contributed by atoms with Gasteiger partial charge in [0.05, 0.1) is 11.5 Å². The van der Waals surface area contributed by atoms with Crippen molar-refractivity contribution >= 4 is 29.7 Å². The third-order valence-corrected chi connectivity index (χ3v) is 10.2. The fraction of sp³-hybridized carbons (Fsp3) is 0.447. The largest absolute Gasteiger partial charge is 0.507 e. The summed E-state index contributed by atoms with van der Waals surface area (Å²) in [7, 11) is 0. The SMILES string of the molecule is C=C1C(OC(=O)c2ccccc2O)CC2C(/C=C(\C)C(=O)C3(OC(C)=O)C[C@H](C)[C@H](OC(=O)c4ccccc4)[C@@H]3[C@H]1OC(C)=O)C2(C)C. The second kappa shape index (κ2) is 13.1. The van der Waals surface area contributed by atoms with Crippen molar-refractivity contribution in [2.24, 2.45) is 29.1 Å². The molecule has 0 radical (unpaired) electrons. The van der Waals surface area contributed by atoms with Gasteiger partial charge >= 0.3 is 23.9 Å². The lowest BCUT2D eigenvalue weighted by molar-refractivity contribution is -0.179. The number of phenols is 1. The average Bonchev–Trinajstić information content (AvgIpc) is 3.40. The number of benzene rings is 2. The molecule has 2 aromatic rings. The molecule has 3 aliphatic rings. The highest BCUT2D eigenvalue weighted by atomic mass is 16.6. The molecule has 0 heterocycles. The van der Waals surface area contributed by atoms with Gasteiger partial charge in [-0.2, -0.15) is 0 Å². The number of rotatable bonds is 6.